The molecule has 1 fully saturated rings. The molecular weight excluding hydrogens is 252 g/mol. The molecule has 0 radical (unpaired) electrons. The van der Waals surface area contributed by atoms with Crippen molar-refractivity contribution in [1.82, 2.24) is 9.29 Å². The van der Waals surface area contributed by atoms with Gasteiger partial charge in [0.25, 0.3) is 0 Å². The first-order valence-corrected chi connectivity index (χ1v) is 7.67. The van der Waals surface area contributed by atoms with Gasteiger partial charge in [-0.05, 0) is 24.8 Å². The SMILES string of the molecule is CCCC1CCN(S(=O)(=O)c2ccc(=O)[nH]c2)C1. The van der Waals surface area contributed by atoms with E-state index in [1.165, 1.54) is 22.6 Å². The number of rotatable bonds is 4. The molecule has 0 bridgehead atoms. The highest BCUT2D eigenvalue weighted by Crippen LogP contribution is 2.26. The molecule has 1 aromatic rings. The first kappa shape index (κ1) is 13.3. The van der Waals surface area contributed by atoms with Gasteiger partial charge in [-0.15, -0.1) is 0 Å². The summed E-state index contributed by atoms with van der Waals surface area (Å²) in [5.74, 6) is 0.465. The minimum atomic E-state index is -3.44. The number of pyridine rings is 1. The average molecular weight is 270 g/mol. The summed E-state index contributed by atoms with van der Waals surface area (Å²) in [7, 11) is -3.44. The van der Waals surface area contributed by atoms with Crippen LogP contribution in [0, 0.1) is 5.92 Å². The highest BCUT2D eigenvalue weighted by atomic mass is 32.2. The monoisotopic (exact) mass is 270 g/mol. The molecule has 6 heteroatoms. The molecule has 2 heterocycles. The first-order valence-electron chi connectivity index (χ1n) is 6.23. The Hall–Kier alpha value is -1.14. The summed E-state index contributed by atoms with van der Waals surface area (Å²) in [6, 6.07) is 2.60. The Morgan fingerprint density at radius 1 is 1.44 bits per heavy atom. The largest absolute Gasteiger partial charge is 0.328 e. The summed E-state index contributed by atoms with van der Waals surface area (Å²) >= 11 is 0. The van der Waals surface area contributed by atoms with Gasteiger partial charge in [0.05, 0.1) is 4.90 Å². The maximum Gasteiger partial charge on any atom is 0.247 e. The molecule has 1 N–H and O–H groups in total. The molecule has 2 rings (SSSR count). The van der Waals surface area contributed by atoms with Crippen LogP contribution < -0.4 is 5.56 Å². The van der Waals surface area contributed by atoms with Gasteiger partial charge >= 0.3 is 0 Å². The van der Waals surface area contributed by atoms with Crippen LogP contribution in [0.3, 0.4) is 0 Å². The lowest BCUT2D eigenvalue weighted by Gasteiger charge is -2.16. The van der Waals surface area contributed by atoms with E-state index in [1.54, 1.807) is 0 Å². The molecule has 0 aliphatic carbocycles. The molecule has 0 spiro atoms. The fourth-order valence-corrected chi connectivity index (χ4v) is 3.86. The van der Waals surface area contributed by atoms with E-state index in [0.29, 0.717) is 19.0 Å². The van der Waals surface area contributed by atoms with Crippen LogP contribution in [0.15, 0.2) is 28.0 Å². The number of hydrogen-bond acceptors (Lipinski definition) is 3. The molecule has 5 nitrogen and oxygen atoms in total. The van der Waals surface area contributed by atoms with Crippen LogP contribution in [-0.2, 0) is 10.0 Å². The highest BCUT2D eigenvalue weighted by molar-refractivity contribution is 7.89. The Balaban J connectivity index is 2.17. The molecule has 100 valence electrons. The van der Waals surface area contributed by atoms with Crippen molar-refractivity contribution in [2.24, 2.45) is 5.92 Å². The summed E-state index contributed by atoms with van der Waals surface area (Å²) in [6.07, 6.45) is 4.34. The number of aromatic nitrogens is 1. The lowest BCUT2D eigenvalue weighted by molar-refractivity contribution is 0.444. The highest BCUT2D eigenvalue weighted by Gasteiger charge is 2.31. The Kier molecular flexibility index (Phi) is 3.87. The number of sulfonamides is 1. The van der Waals surface area contributed by atoms with Crippen molar-refractivity contribution in [3.8, 4) is 0 Å². The molecule has 0 saturated carbocycles. The van der Waals surface area contributed by atoms with Crippen LogP contribution in [0.1, 0.15) is 26.2 Å². The molecule has 0 amide bonds. The van der Waals surface area contributed by atoms with E-state index in [2.05, 4.69) is 11.9 Å². The number of nitrogens with one attached hydrogen (secondary N) is 1. The zero-order chi connectivity index (χ0) is 13.2. The van der Waals surface area contributed by atoms with Crippen molar-refractivity contribution in [2.75, 3.05) is 13.1 Å². The molecular formula is C12H18N2O3S. The van der Waals surface area contributed by atoms with Gasteiger partial charge < -0.3 is 4.98 Å². The standard InChI is InChI=1S/C12H18N2O3S/c1-2-3-10-6-7-14(9-10)18(16,17)11-4-5-12(15)13-8-11/h4-5,8,10H,2-3,6-7,9H2,1H3,(H,13,15). The topological polar surface area (TPSA) is 70.2 Å². The van der Waals surface area contributed by atoms with Gasteiger partial charge in [0.15, 0.2) is 0 Å². The van der Waals surface area contributed by atoms with Crippen LogP contribution in [0.4, 0.5) is 0 Å². The van der Waals surface area contributed by atoms with Crippen LogP contribution in [0.5, 0.6) is 0 Å². The summed E-state index contributed by atoms with van der Waals surface area (Å²) in [5.41, 5.74) is -0.292. The van der Waals surface area contributed by atoms with Gasteiger partial charge in [-0.3, -0.25) is 4.79 Å². The first-order chi connectivity index (χ1) is 8.54. The Bertz CT molecular complexity index is 544. The van der Waals surface area contributed by atoms with Crippen molar-refractivity contribution in [2.45, 2.75) is 31.1 Å². The molecule has 1 atom stereocenters. The van der Waals surface area contributed by atoms with Gasteiger partial charge in [0.1, 0.15) is 0 Å². The maximum atomic E-state index is 12.3. The fourth-order valence-electron chi connectivity index (χ4n) is 2.37. The lowest BCUT2D eigenvalue weighted by atomic mass is 10.0. The third kappa shape index (κ3) is 2.64. The quantitative estimate of drug-likeness (QED) is 0.893. The van der Waals surface area contributed by atoms with Crippen molar-refractivity contribution >= 4 is 10.0 Å². The normalized spacial score (nSPS) is 21.3. The molecule has 1 aromatic heterocycles. The smallest absolute Gasteiger partial charge is 0.247 e. The summed E-state index contributed by atoms with van der Waals surface area (Å²) in [6.45, 7) is 3.28. The van der Waals surface area contributed by atoms with Gasteiger partial charge in [-0.2, -0.15) is 4.31 Å². The Labute approximate surface area is 107 Å². The zero-order valence-corrected chi connectivity index (χ0v) is 11.2. The van der Waals surface area contributed by atoms with Gasteiger partial charge in [0.2, 0.25) is 15.6 Å². The van der Waals surface area contributed by atoms with Crippen LogP contribution in [0.25, 0.3) is 0 Å². The molecule has 1 aliphatic rings. The Morgan fingerprint density at radius 3 is 2.83 bits per heavy atom. The van der Waals surface area contributed by atoms with E-state index < -0.39 is 10.0 Å². The molecule has 1 aliphatic heterocycles. The van der Waals surface area contributed by atoms with Crippen LogP contribution in [0.2, 0.25) is 0 Å². The van der Waals surface area contributed by atoms with Crippen molar-refractivity contribution in [1.29, 1.82) is 0 Å². The second kappa shape index (κ2) is 5.24. The van der Waals surface area contributed by atoms with Crippen molar-refractivity contribution in [3.63, 3.8) is 0 Å². The minimum Gasteiger partial charge on any atom is -0.328 e. The second-order valence-corrected chi connectivity index (χ2v) is 6.63. The third-order valence-electron chi connectivity index (χ3n) is 3.34. The zero-order valence-electron chi connectivity index (χ0n) is 10.4. The second-order valence-electron chi connectivity index (χ2n) is 4.70. The average Bonchev–Trinajstić information content (AvgIpc) is 2.79. The summed E-state index contributed by atoms with van der Waals surface area (Å²) < 4.78 is 26.1. The summed E-state index contributed by atoms with van der Waals surface area (Å²) in [5, 5.41) is 0. The van der Waals surface area contributed by atoms with Gasteiger partial charge in [-0.1, -0.05) is 13.3 Å². The van der Waals surface area contributed by atoms with E-state index in [9.17, 15) is 13.2 Å². The van der Waals surface area contributed by atoms with E-state index in [-0.39, 0.29) is 10.5 Å². The Morgan fingerprint density at radius 2 is 2.22 bits per heavy atom. The van der Waals surface area contributed by atoms with Gasteiger partial charge in [0, 0.05) is 25.4 Å². The predicted octanol–water partition coefficient (Wildman–Crippen LogP) is 1.19. The van der Waals surface area contributed by atoms with Gasteiger partial charge in [-0.25, -0.2) is 8.42 Å². The number of nitrogens with zero attached hydrogens (tertiary/aromatic N) is 1. The number of aromatic amines is 1. The molecule has 18 heavy (non-hydrogen) atoms. The minimum absolute atomic E-state index is 0.166. The van der Waals surface area contributed by atoms with Crippen LogP contribution in [-0.4, -0.2) is 30.8 Å². The van der Waals surface area contributed by atoms with E-state index in [4.69, 9.17) is 0 Å². The number of hydrogen-bond donors (Lipinski definition) is 1. The van der Waals surface area contributed by atoms with E-state index in [1.807, 2.05) is 0 Å². The maximum absolute atomic E-state index is 12.3. The van der Waals surface area contributed by atoms with Crippen LogP contribution >= 0.6 is 0 Å². The lowest BCUT2D eigenvalue weighted by Crippen LogP contribution is -2.29. The molecule has 1 saturated heterocycles. The fraction of sp³-hybridized carbons (Fsp3) is 0.583. The predicted molar refractivity (Wildman–Crippen MR) is 68.8 cm³/mol. The summed E-state index contributed by atoms with van der Waals surface area (Å²) in [4.78, 5) is 13.5. The third-order valence-corrected chi connectivity index (χ3v) is 5.20. The molecule has 0 aromatic carbocycles. The van der Waals surface area contributed by atoms with E-state index >= 15 is 0 Å². The van der Waals surface area contributed by atoms with E-state index in [0.717, 1.165) is 19.3 Å². The number of H-pyrrole nitrogens is 1. The van der Waals surface area contributed by atoms with Crippen molar-refractivity contribution in [3.05, 3.63) is 28.7 Å². The molecule has 1 unspecified atom stereocenters. The van der Waals surface area contributed by atoms with Crippen molar-refractivity contribution < 1.29 is 8.42 Å².